The molecule has 3 heteroatoms. The lowest BCUT2D eigenvalue weighted by atomic mass is 10.1. The van der Waals surface area contributed by atoms with Crippen molar-refractivity contribution in [2.75, 3.05) is 18.9 Å². The molecule has 0 aliphatic rings. The van der Waals surface area contributed by atoms with Crippen LogP contribution in [0.2, 0.25) is 0 Å². The Morgan fingerprint density at radius 3 is 2.58 bits per heavy atom. The number of carbonyl (C=O) groups is 1. The van der Waals surface area contributed by atoms with Crippen molar-refractivity contribution in [2.45, 2.75) is 46.1 Å². The normalized spacial score (nSPS) is 12.0. The van der Waals surface area contributed by atoms with E-state index >= 15 is 0 Å². The number of anilines is 1. The number of hydrogen-bond donors (Lipinski definition) is 1. The highest BCUT2D eigenvalue weighted by Crippen LogP contribution is 2.19. The fourth-order valence-electron chi connectivity index (χ4n) is 2.11. The Hall–Kier alpha value is -1.51. The lowest BCUT2D eigenvalue weighted by Crippen LogP contribution is -2.39. The summed E-state index contributed by atoms with van der Waals surface area (Å²) >= 11 is 0. The molecule has 0 aromatic heterocycles. The van der Waals surface area contributed by atoms with Crippen LogP contribution in [0.3, 0.4) is 0 Å². The molecule has 0 saturated heterocycles. The van der Waals surface area contributed by atoms with Crippen LogP contribution in [0.15, 0.2) is 24.3 Å². The molecule has 1 atom stereocenters. The van der Waals surface area contributed by atoms with Crippen LogP contribution in [0.5, 0.6) is 0 Å². The number of hydrogen-bond acceptors (Lipinski definition) is 2. The topological polar surface area (TPSA) is 32.3 Å². The van der Waals surface area contributed by atoms with E-state index in [2.05, 4.69) is 26.1 Å². The Morgan fingerprint density at radius 2 is 2.00 bits per heavy atom. The molecule has 0 bridgehead atoms. The third-order valence-electron chi connectivity index (χ3n) is 3.56. The molecule has 0 radical (unpaired) electrons. The van der Waals surface area contributed by atoms with Crippen LogP contribution in [-0.4, -0.2) is 30.4 Å². The second-order valence-electron chi connectivity index (χ2n) is 4.90. The van der Waals surface area contributed by atoms with E-state index in [0.29, 0.717) is 0 Å². The van der Waals surface area contributed by atoms with Crippen LogP contribution in [-0.2, 0) is 0 Å². The van der Waals surface area contributed by atoms with E-state index in [0.717, 1.165) is 37.1 Å². The Kier molecular flexibility index (Phi) is 6.40. The van der Waals surface area contributed by atoms with Crippen LogP contribution in [0.25, 0.3) is 0 Å². The van der Waals surface area contributed by atoms with Gasteiger partial charge in [0, 0.05) is 25.3 Å². The molecule has 1 aromatic rings. The Bertz CT molecular complexity index is 403. The van der Waals surface area contributed by atoms with E-state index in [9.17, 15) is 4.79 Å². The molecule has 1 amide bonds. The van der Waals surface area contributed by atoms with Gasteiger partial charge in [-0.05, 0) is 31.9 Å². The maximum atomic E-state index is 12.7. The lowest BCUT2D eigenvalue weighted by Gasteiger charge is -2.29. The van der Waals surface area contributed by atoms with Gasteiger partial charge in [0.1, 0.15) is 0 Å². The van der Waals surface area contributed by atoms with Gasteiger partial charge in [0.25, 0.3) is 5.91 Å². The van der Waals surface area contributed by atoms with Crippen molar-refractivity contribution in [3.63, 3.8) is 0 Å². The molecule has 1 unspecified atom stereocenters. The summed E-state index contributed by atoms with van der Waals surface area (Å²) in [5, 5.41) is 3.10. The zero-order valence-electron chi connectivity index (χ0n) is 12.6. The third-order valence-corrected chi connectivity index (χ3v) is 3.56. The molecular weight excluding hydrogens is 236 g/mol. The van der Waals surface area contributed by atoms with Gasteiger partial charge in [0.05, 0.1) is 5.56 Å². The molecule has 1 N–H and O–H groups in total. The lowest BCUT2D eigenvalue weighted by molar-refractivity contribution is 0.0686. The molecule has 0 aliphatic carbocycles. The maximum absolute atomic E-state index is 12.7. The van der Waals surface area contributed by atoms with E-state index in [1.54, 1.807) is 0 Å². The van der Waals surface area contributed by atoms with Crippen LogP contribution in [0, 0.1) is 0 Å². The smallest absolute Gasteiger partial charge is 0.256 e. The fraction of sp³-hybridized carbons (Fsp3) is 0.562. The Balaban J connectivity index is 2.97. The van der Waals surface area contributed by atoms with E-state index in [4.69, 9.17) is 0 Å². The molecule has 1 rings (SSSR count). The second kappa shape index (κ2) is 7.82. The number of amides is 1. The van der Waals surface area contributed by atoms with Gasteiger partial charge >= 0.3 is 0 Å². The van der Waals surface area contributed by atoms with Crippen LogP contribution >= 0.6 is 0 Å². The number of nitrogens with zero attached hydrogens (tertiary/aromatic N) is 1. The highest BCUT2D eigenvalue weighted by molar-refractivity contribution is 5.99. The first-order valence-electron chi connectivity index (χ1n) is 7.23. The van der Waals surface area contributed by atoms with Crippen molar-refractivity contribution >= 4 is 11.6 Å². The second-order valence-corrected chi connectivity index (χ2v) is 4.90. The number of rotatable bonds is 7. The minimum atomic E-state index is 0.132. The zero-order valence-corrected chi connectivity index (χ0v) is 12.6. The van der Waals surface area contributed by atoms with Crippen molar-refractivity contribution < 1.29 is 4.79 Å². The van der Waals surface area contributed by atoms with Crippen molar-refractivity contribution in [2.24, 2.45) is 0 Å². The van der Waals surface area contributed by atoms with E-state index in [-0.39, 0.29) is 11.9 Å². The predicted octanol–water partition coefficient (Wildman–Crippen LogP) is 3.77. The number of nitrogens with one attached hydrogen (secondary N) is 1. The molecule has 0 spiro atoms. The standard InChI is InChI=1S/C16H26N2O/c1-5-7-12-18(13(3)6-2)16(19)14-10-8-9-11-15(14)17-4/h8-11,13,17H,5-7,12H2,1-4H3. The van der Waals surface area contributed by atoms with Crippen molar-refractivity contribution in [3.05, 3.63) is 29.8 Å². The van der Waals surface area contributed by atoms with Crippen molar-refractivity contribution in [1.29, 1.82) is 0 Å². The zero-order chi connectivity index (χ0) is 14.3. The summed E-state index contributed by atoms with van der Waals surface area (Å²) in [6, 6.07) is 7.99. The molecule has 19 heavy (non-hydrogen) atoms. The average molecular weight is 262 g/mol. The average Bonchev–Trinajstić information content (AvgIpc) is 2.46. The van der Waals surface area contributed by atoms with Gasteiger partial charge in [-0.2, -0.15) is 0 Å². The molecular formula is C16H26N2O. The van der Waals surface area contributed by atoms with Gasteiger partial charge in [-0.25, -0.2) is 0 Å². The maximum Gasteiger partial charge on any atom is 0.256 e. The molecule has 106 valence electrons. The monoisotopic (exact) mass is 262 g/mol. The molecule has 3 nitrogen and oxygen atoms in total. The summed E-state index contributed by atoms with van der Waals surface area (Å²) in [5.74, 6) is 0.132. The van der Waals surface area contributed by atoms with Crippen LogP contribution in [0.1, 0.15) is 50.4 Å². The van der Waals surface area contributed by atoms with Gasteiger partial charge in [-0.1, -0.05) is 32.4 Å². The Morgan fingerprint density at radius 1 is 1.32 bits per heavy atom. The van der Waals surface area contributed by atoms with Gasteiger partial charge in [0.2, 0.25) is 0 Å². The third kappa shape index (κ3) is 3.98. The molecule has 0 fully saturated rings. The highest BCUT2D eigenvalue weighted by Gasteiger charge is 2.21. The fourth-order valence-corrected chi connectivity index (χ4v) is 2.11. The van der Waals surface area contributed by atoms with Crippen LogP contribution in [0.4, 0.5) is 5.69 Å². The minimum absolute atomic E-state index is 0.132. The Labute approximate surface area is 117 Å². The van der Waals surface area contributed by atoms with Crippen LogP contribution < -0.4 is 5.32 Å². The van der Waals surface area contributed by atoms with E-state index in [1.807, 2.05) is 36.2 Å². The first kappa shape index (κ1) is 15.5. The summed E-state index contributed by atoms with van der Waals surface area (Å²) in [6.07, 6.45) is 3.14. The molecule has 0 aliphatic heterocycles. The first-order chi connectivity index (χ1) is 9.15. The summed E-state index contributed by atoms with van der Waals surface area (Å²) in [5.41, 5.74) is 1.67. The quantitative estimate of drug-likeness (QED) is 0.811. The van der Waals surface area contributed by atoms with Gasteiger partial charge in [0.15, 0.2) is 0 Å². The van der Waals surface area contributed by atoms with E-state index < -0.39 is 0 Å². The molecule has 1 aromatic carbocycles. The van der Waals surface area contributed by atoms with Gasteiger partial charge in [-0.15, -0.1) is 0 Å². The largest absolute Gasteiger partial charge is 0.387 e. The number of unbranched alkanes of at least 4 members (excludes halogenated alkanes) is 1. The van der Waals surface area contributed by atoms with Crippen molar-refractivity contribution in [3.8, 4) is 0 Å². The molecule has 0 heterocycles. The van der Waals surface area contributed by atoms with Gasteiger partial charge < -0.3 is 10.2 Å². The summed E-state index contributed by atoms with van der Waals surface area (Å²) < 4.78 is 0. The molecule has 0 saturated carbocycles. The number of para-hydroxylation sites is 1. The SMILES string of the molecule is CCCCN(C(=O)c1ccccc1NC)C(C)CC. The first-order valence-corrected chi connectivity index (χ1v) is 7.23. The van der Waals surface area contributed by atoms with Gasteiger partial charge in [-0.3, -0.25) is 4.79 Å². The summed E-state index contributed by atoms with van der Waals surface area (Å²) in [7, 11) is 1.85. The van der Waals surface area contributed by atoms with Crippen molar-refractivity contribution in [1.82, 2.24) is 4.90 Å². The predicted molar refractivity (Wildman–Crippen MR) is 81.7 cm³/mol. The number of benzene rings is 1. The number of carbonyl (C=O) groups excluding carboxylic acids is 1. The van der Waals surface area contributed by atoms with E-state index in [1.165, 1.54) is 0 Å². The highest BCUT2D eigenvalue weighted by atomic mass is 16.2. The summed E-state index contributed by atoms with van der Waals surface area (Å²) in [6.45, 7) is 7.24. The summed E-state index contributed by atoms with van der Waals surface area (Å²) in [4.78, 5) is 14.7. The minimum Gasteiger partial charge on any atom is -0.387 e.